The number of aliphatic imine (C=N–C) groups is 1. The number of amides is 1. The van der Waals surface area contributed by atoms with Crippen LogP contribution in [0.1, 0.15) is 27.2 Å². The van der Waals surface area contributed by atoms with E-state index in [4.69, 9.17) is 4.74 Å². The Morgan fingerprint density at radius 3 is 2.48 bits per heavy atom. The van der Waals surface area contributed by atoms with Gasteiger partial charge in [0.1, 0.15) is 0 Å². The molecule has 2 saturated heterocycles. The van der Waals surface area contributed by atoms with Crippen LogP contribution in [0.25, 0.3) is 0 Å². The van der Waals surface area contributed by atoms with E-state index in [1.165, 1.54) is 0 Å². The van der Waals surface area contributed by atoms with Gasteiger partial charge in [0.05, 0.1) is 30.3 Å². The zero-order valence-corrected chi connectivity index (χ0v) is 16.3. The lowest BCUT2D eigenvalue weighted by molar-refractivity contribution is -0.135. The number of rotatable bonds is 4. The molecule has 9 heteroatoms. The maximum absolute atomic E-state index is 12.2. The Morgan fingerprint density at radius 1 is 1.20 bits per heavy atom. The molecule has 0 aromatic rings. The lowest BCUT2D eigenvalue weighted by atomic mass is 10.2. The van der Waals surface area contributed by atoms with Gasteiger partial charge in [-0.1, -0.05) is 0 Å². The highest BCUT2D eigenvalue weighted by atomic mass is 32.2. The van der Waals surface area contributed by atoms with Crippen LogP contribution in [-0.4, -0.2) is 93.1 Å². The van der Waals surface area contributed by atoms with Crippen LogP contribution in [0.15, 0.2) is 4.99 Å². The number of morpholine rings is 1. The molecule has 2 aliphatic rings. The van der Waals surface area contributed by atoms with E-state index in [1.54, 1.807) is 13.8 Å². The van der Waals surface area contributed by atoms with Crippen molar-refractivity contribution < 1.29 is 17.9 Å². The van der Waals surface area contributed by atoms with Gasteiger partial charge in [-0.15, -0.1) is 0 Å². The fourth-order valence-electron chi connectivity index (χ4n) is 2.98. The molecule has 0 atom stereocenters. The standard InChI is InChI=1S/C16H30N4O4S/c1-4-17-15(20-9-12-25(22,23)16(2,3)13-20)18-6-5-14(21)19-7-10-24-11-8-19/h4-13H2,1-3H3,(H,17,18). The molecule has 1 N–H and O–H groups in total. The molecule has 0 aliphatic carbocycles. The predicted octanol–water partition coefficient (Wildman–Crippen LogP) is -0.290. The van der Waals surface area contributed by atoms with Crippen LogP contribution in [0.4, 0.5) is 0 Å². The van der Waals surface area contributed by atoms with Crippen molar-refractivity contribution in [2.45, 2.75) is 31.9 Å². The molecule has 2 aliphatic heterocycles. The topological polar surface area (TPSA) is 91.3 Å². The van der Waals surface area contributed by atoms with Gasteiger partial charge in [-0.25, -0.2) is 8.42 Å². The normalized spacial score (nSPS) is 23.4. The van der Waals surface area contributed by atoms with Gasteiger partial charge in [-0.3, -0.25) is 9.79 Å². The number of hydrogen-bond acceptors (Lipinski definition) is 5. The van der Waals surface area contributed by atoms with Crippen molar-refractivity contribution in [1.82, 2.24) is 15.1 Å². The Kier molecular flexibility index (Phi) is 6.67. The van der Waals surface area contributed by atoms with E-state index in [2.05, 4.69) is 10.3 Å². The summed E-state index contributed by atoms with van der Waals surface area (Å²) in [6.07, 6.45) is 0.352. The number of guanidine groups is 1. The van der Waals surface area contributed by atoms with Crippen LogP contribution < -0.4 is 5.32 Å². The fraction of sp³-hybridized carbons (Fsp3) is 0.875. The van der Waals surface area contributed by atoms with E-state index in [0.29, 0.717) is 64.9 Å². The SMILES string of the molecule is CCNC(=NCCC(=O)N1CCOCC1)N1CCS(=O)(=O)C(C)(C)C1. The Balaban J connectivity index is 1.95. The highest BCUT2D eigenvalue weighted by molar-refractivity contribution is 7.92. The summed E-state index contributed by atoms with van der Waals surface area (Å²) in [5.41, 5.74) is 0. The number of hydrogen-bond donors (Lipinski definition) is 1. The monoisotopic (exact) mass is 374 g/mol. The minimum Gasteiger partial charge on any atom is -0.378 e. The van der Waals surface area contributed by atoms with Crippen LogP contribution in [0.5, 0.6) is 0 Å². The van der Waals surface area contributed by atoms with Gasteiger partial charge in [-0.2, -0.15) is 0 Å². The predicted molar refractivity (Wildman–Crippen MR) is 97.4 cm³/mol. The maximum atomic E-state index is 12.2. The van der Waals surface area contributed by atoms with Crippen molar-refractivity contribution in [1.29, 1.82) is 0 Å². The summed E-state index contributed by atoms with van der Waals surface area (Å²) >= 11 is 0. The summed E-state index contributed by atoms with van der Waals surface area (Å²) in [5, 5.41) is 3.21. The zero-order valence-electron chi connectivity index (χ0n) is 15.5. The largest absolute Gasteiger partial charge is 0.378 e. The average Bonchev–Trinajstić information content (AvgIpc) is 2.57. The third kappa shape index (κ3) is 5.07. The van der Waals surface area contributed by atoms with Crippen LogP contribution in [0.3, 0.4) is 0 Å². The molecule has 0 aromatic heterocycles. The van der Waals surface area contributed by atoms with E-state index in [0.717, 1.165) is 0 Å². The fourth-order valence-corrected chi connectivity index (χ4v) is 4.34. The summed E-state index contributed by atoms with van der Waals surface area (Å²) in [4.78, 5) is 20.5. The van der Waals surface area contributed by atoms with Crippen molar-refractivity contribution in [2.24, 2.45) is 4.99 Å². The molecule has 25 heavy (non-hydrogen) atoms. The highest BCUT2D eigenvalue weighted by Crippen LogP contribution is 2.23. The Labute approximate surface area is 150 Å². The molecule has 2 rings (SSSR count). The van der Waals surface area contributed by atoms with Gasteiger partial charge >= 0.3 is 0 Å². The van der Waals surface area contributed by atoms with Crippen molar-refractivity contribution in [2.75, 3.05) is 58.2 Å². The van der Waals surface area contributed by atoms with Gasteiger partial charge < -0.3 is 19.9 Å². The lowest BCUT2D eigenvalue weighted by Crippen LogP contribution is -2.57. The molecular weight excluding hydrogens is 344 g/mol. The Hall–Kier alpha value is -1.35. The van der Waals surface area contributed by atoms with Gasteiger partial charge in [0, 0.05) is 39.1 Å². The molecule has 0 spiro atoms. The molecule has 1 amide bonds. The molecule has 0 aromatic carbocycles. The number of nitrogens with zero attached hydrogens (tertiary/aromatic N) is 3. The molecule has 2 heterocycles. The summed E-state index contributed by atoms with van der Waals surface area (Å²) < 4.78 is 28.8. The first-order valence-corrected chi connectivity index (χ1v) is 10.5. The molecule has 144 valence electrons. The van der Waals surface area contributed by atoms with Gasteiger partial charge in [0.15, 0.2) is 15.8 Å². The first-order valence-electron chi connectivity index (χ1n) is 8.88. The second kappa shape index (κ2) is 8.35. The van der Waals surface area contributed by atoms with Gasteiger partial charge in [-0.05, 0) is 20.8 Å². The van der Waals surface area contributed by atoms with Crippen molar-refractivity contribution in [3.8, 4) is 0 Å². The van der Waals surface area contributed by atoms with Gasteiger partial charge in [0.25, 0.3) is 0 Å². The van der Waals surface area contributed by atoms with Crippen molar-refractivity contribution >= 4 is 21.7 Å². The first kappa shape index (κ1) is 20.0. The summed E-state index contributed by atoms with van der Waals surface area (Å²) in [5.74, 6) is 0.890. The molecule has 8 nitrogen and oxygen atoms in total. The van der Waals surface area contributed by atoms with E-state index in [-0.39, 0.29) is 11.7 Å². The highest BCUT2D eigenvalue weighted by Gasteiger charge is 2.40. The first-order chi connectivity index (χ1) is 11.8. The smallest absolute Gasteiger partial charge is 0.224 e. The van der Waals surface area contributed by atoms with Crippen LogP contribution in [0.2, 0.25) is 0 Å². The summed E-state index contributed by atoms with van der Waals surface area (Å²) in [7, 11) is -3.09. The molecule has 0 unspecified atom stereocenters. The average molecular weight is 375 g/mol. The van der Waals surface area contributed by atoms with E-state index < -0.39 is 14.6 Å². The number of carbonyl (C=O) groups is 1. The van der Waals surface area contributed by atoms with Crippen molar-refractivity contribution in [3.05, 3.63) is 0 Å². The molecule has 0 saturated carbocycles. The van der Waals surface area contributed by atoms with Crippen molar-refractivity contribution in [3.63, 3.8) is 0 Å². The molecule has 2 fully saturated rings. The van der Waals surface area contributed by atoms with Crippen LogP contribution in [-0.2, 0) is 19.4 Å². The minimum absolute atomic E-state index is 0.0875. The minimum atomic E-state index is -3.09. The van der Waals surface area contributed by atoms with Gasteiger partial charge in [0.2, 0.25) is 5.91 Å². The molecule has 0 radical (unpaired) electrons. The summed E-state index contributed by atoms with van der Waals surface area (Å²) in [6, 6.07) is 0. The van der Waals surface area contributed by atoms with E-state index >= 15 is 0 Å². The third-order valence-electron chi connectivity index (χ3n) is 4.63. The molecule has 0 bridgehead atoms. The Morgan fingerprint density at radius 2 is 1.88 bits per heavy atom. The molecular formula is C16H30N4O4S. The van der Waals surface area contributed by atoms with Crippen LogP contribution >= 0.6 is 0 Å². The third-order valence-corrected chi connectivity index (χ3v) is 7.16. The van der Waals surface area contributed by atoms with E-state index in [9.17, 15) is 13.2 Å². The lowest BCUT2D eigenvalue weighted by Gasteiger charge is -2.39. The quantitative estimate of drug-likeness (QED) is 0.537. The van der Waals surface area contributed by atoms with E-state index in [1.807, 2.05) is 16.7 Å². The number of nitrogens with one attached hydrogen (secondary N) is 1. The maximum Gasteiger partial charge on any atom is 0.224 e. The Bertz CT molecular complexity index is 597. The number of carbonyl (C=O) groups excluding carboxylic acids is 1. The zero-order chi connectivity index (χ0) is 18.5. The summed E-state index contributed by atoms with van der Waals surface area (Å²) in [6.45, 7) is 9.85. The number of ether oxygens (including phenoxy) is 1. The van der Waals surface area contributed by atoms with Crippen LogP contribution in [0, 0.1) is 0 Å². The number of sulfone groups is 1. The second-order valence-corrected chi connectivity index (χ2v) is 9.72. The second-order valence-electron chi connectivity index (χ2n) is 6.98.